The topological polar surface area (TPSA) is 80.3 Å². The highest BCUT2D eigenvalue weighted by molar-refractivity contribution is 7.89. The lowest BCUT2D eigenvalue weighted by Gasteiger charge is -2.07. The zero-order valence-electron chi connectivity index (χ0n) is 11.0. The summed E-state index contributed by atoms with van der Waals surface area (Å²) in [5.74, 6) is 0.388. The second-order valence-electron chi connectivity index (χ2n) is 3.68. The first-order valence-electron chi connectivity index (χ1n) is 5.80. The third-order valence-electron chi connectivity index (χ3n) is 2.25. The van der Waals surface area contributed by atoms with Crippen molar-refractivity contribution in [2.24, 2.45) is 0 Å². The standard InChI is InChI=1S/C11H19N3O3S.ClH/c1-3-6-12-7-8-14-18(15,16)10-4-5-11(17-2)13-9-10;/h4-5,9,12,14H,3,6-8H2,1-2H3;1H. The van der Waals surface area contributed by atoms with E-state index in [1.54, 1.807) is 0 Å². The van der Waals surface area contributed by atoms with Crippen LogP contribution in [0.5, 0.6) is 5.88 Å². The van der Waals surface area contributed by atoms with Crippen LogP contribution in [0, 0.1) is 0 Å². The SMILES string of the molecule is CCCNCCNS(=O)(=O)c1ccc(OC)nc1.Cl. The van der Waals surface area contributed by atoms with Crippen LogP contribution in [-0.4, -0.2) is 40.1 Å². The van der Waals surface area contributed by atoms with E-state index < -0.39 is 10.0 Å². The summed E-state index contributed by atoms with van der Waals surface area (Å²) in [5, 5.41) is 3.11. The maximum Gasteiger partial charge on any atom is 0.242 e. The number of aromatic nitrogens is 1. The molecule has 0 aromatic carbocycles. The van der Waals surface area contributed by atoms with Gasteiger partial charge in [0.15, 0.2) is 0 Å². The van der Waals surface area contributed by atoms with E-state index in [0.29, 0.717) is 19.0 Å². The van der Waals surface area contributed by atoms with Gasteiger partial charge in [-0.25, -0.2) is 18.1 Å². The van der Waals surface area contributed by atoms with Gasteiger partial charge in [-0.1, -0.05) is 6.92 Å². The average Bonchev–Trinajstić information content (AvgIpc) is 2.38. The molecular weight excluding hydrogens is 290 g/mol. The van der Waals surface area contributed by atoms with Gasteiger partial charge in [0.25, 0.3) is 0 Å². The molecule has 1 heterocycles. The number of halogens is 1. The smallest absolute Gasteiger partial charge is 0.242 e. The van der Waals surface area contributed by atoms with Crippen molar-refractivity contribution in [2.45, 2.75) is 18.2 Å². The minimum Gasteiger partial charge on any atom is -0.481 e. The van der Waals surface area contributed by atoms with Crippen molar-refractivity contribution < 1.29 is 13.2 Å². The van der Waals surface area contributed by atoms with Crippen LogP contribution in [0.3, 0.4) is 0 Å². The largest absolute Gasteiger partial charge is 0.481 e. The fourth-order valence-corrected chi connectivity index (χ4v) is 2.28. The van der Waals surface area contributed by atoms with Crippen molar-refractivity contribution in [1.82, 2.24) is 15.0 Å². The minimum absolute atomic E-state index is 0. The van der Waals surface area contributed by atoms with Gasteiger partial charge in [-0.05, 0) is 19.0 Å². The molecule has 0 aliphatic rings. The molecule has 1 rings (SSSR count). The lowest BCUT2D eigenvalue weighted by atomic mass is 10.5. The van der Waals surface area contributed by atoms with Crippen molar-refractivity contribution in [1.29, 1.82) is 0 Å². The molecule has 0 saturated heterocycles. The fourth-order valence-electron chi connectivity index (χ4n) is 1.31. The second-order valence-corrected chi connectivity index (χ2v) is 5.45. The van der Waals surface area contributed by atoms with Gasteiger partial charge in [-0.15, -0.1) is 12.4 Å². The second kappa shape index (κ2) is 9.08. The summed E-state index contributed by atoms with van der Waals surface area (Å²) in [6.45, 7) is 3.90. The van der Waals surface area contributed by atoms with Crippen LogP contribution in [0.1, 0.15) is 13.3 Å². The molecule has 0 saturated carbocycles. The maximum absolute atomic E-state index is 11.8. The van der Waals surface area contributed by atoms with E-state index in [4.69, 9.17) is 4.74 Å². The third kappa shape index (κ3) is 6.20. The summed E-state index contributed by atoms with van der Waals surface area (Å²) in [4.78, 5) is 4.00. The molecule has 0 unspecified atom stereocenters. The van der Waals surface area contributed by atoms with Gasteiger partial charge in [-0.2, -0.15) is 0 Å². The van der Waals surface area contributed by atoms with Gasteiger partial charge in [0, 0.05) is 19.2 Å². The van der Waals surface area contributed by atoms with Crippen LogP contribution in [0.4, 0.5) is 0 Å². The lowest BCUT2D eigenvalue weighted by molar-refractivity contribution is 0.397. The van der Waals surface area contributed by atoms with Crippen LogP contribution in [0.25, 0.3) is 0 Å². The number of pyridine rings is 1. The van der Waals surface area contributed by atoms with Crippen LogP contribution >= 0.6 is 12.4 Å². The number of methoxy groups -OCH3 is 1. The van der Waals surface area contributed by atoms with Crippen molar-refractivity contribution in [3.8, 4) is 5.88 Å². The van der Waals surface area contributed by atoms with E-state index in [-0.39, 0.29) is 17.3 Å². The van der Waals surface area contributed by atoms with Gasteiger partial charge in [0.05, 0.1) is 13.3 Å². The summed E-state index contributed by atoms with van der Waals surface area (Å²) in [5.41, 5.74) is 0. The Balaban J connectivity index is 0.00000324. The number of hydrogen-bond acceptors (Lipinski definition) is 5. The van der Waals surface area contributed by atoms with Crippen molar-refractivity contribution >= 4 is 22.4 Å². The van der Waals surface area contributed by atoms with E-state index in [1.807, 2.05) is 0 Å². The molecule has 19 heavy (non-hydrogen) atoms. The Bertz CT molecular complexity index is 451. The Kier molecular flexibility index (Phi) is 8.66. The Morgan fingerprint density at radius 2 is 2.00 bits per heavy atom. The molecule has 6 nitrogen and oxygen atoms in total. The highest BCUT2D eigenvalue weighted by Crippen LogP contribution is 2.11. The van der Waals surface area contributed by atoms with E-state index in [0.717, 1.165) is 13.0 Å². The van der Waals surface area contributed by atoms with Crippen molar-refractivity contribution in [3.05, 3.63) is 18.3 Å². The summed E-state index contributed by atoms with van der Waals surface area (Å²) in [7, 11) is -2.00. The molecule has 8 heteroatoms. The van der Waals surface area contributed by atoms with E-state index >= 15 is 0 Å². The van der Waals surface area contributed by atoms with E-state index in [2.05, 4.69) is 21.9 Å². The first-order valence-corrected chi connectivity index (χ1v) is 7.29. The zero-order valence-corrected chi connectivity index (χ0v) is 12.7. The molecule has 0 radical (unpaired) electrons. The van der Waals surface area contributed by atoms with Crippen molar-refractivity contribution in [3.63, 3.8) is 0 Å². The third-order valence-corrected chi connectivity index (χ3v) is 3.70. The van der Waals surface area contributed by atoms with Crippen molar-refractivity contribution in [2.75, 3.05) is 26.7 Å². The Hall–Kier alpha value is -0.890. The molecule has 0 aliphatic carbocycles. The normalized spacial score (nSPS) is 10.8. The first kappa shape index (κ1) is 18.1. The molecule has 0 spiro atoms. The number of hydrogen-bond donors (Lipinski definition) is 2. The summed E-state index contributed by atoms with van der Waals surface area (Å²) in [6, 6.07) is 2.98. The van der Waals surface area contributed by atoms with Crippen LogP contribution in [0.15, 0.2) is 23.2 Å². The molecule has 2 N–H and O–H groups in total. The van der Waals surface area contributed by atoms with Gasteiger partial charge >= 0.3 is 0 Å². The predicted molar refractivity (Wildman–Crippen MR) is 76.4 cm³/mol. The quantitative estimate of drug-likeness (QED) is 0.694. The molecule has 0 amide bonds. The Morgan fingerprint density at radius 3 is 2.53 bits per heavy atom. The van der Waals surface area contributed by atoms with Crippen LogP contribution < -0.4 is 14.8 Å². The summed E-state index contributed by atoms with van der Waals surface area (Å²) >= 11 is 0. The van der Waals surface area contributed by atoms with Gasteiger partial charge < -0.3 is 10.1 Å². The molecule has 0 aliphatic heterocycles. The predicted octanol–water partition coefficient (Wildman–Crippen LogP) is 0.790. The molecule has 0 atom stereocenters. The Labute approximate surface area is 120 Å². The first-order chi connectivity index (χ1) is 8.60. The van der Waals surface area contributed by atoms with Gasteiger partial charge in [0.2, 0.25) is 15.9 Å². The Morgan fingerprint density at radius 1 is 1.26 bits per heavy atom. The molecule has 1 aromatic heterocycles. The number of nitrogens with zero attached hydrogens (tertiary/aromatic N) is 1. The molecule has 1 aromatic rings. The van der Waals surface area contributed by atoms with Crippen LogP contribution in [0.2, 0.25) is 0 Å². The van der Waals surface area contributed by atoms with Gasteiger partial charge in [0.1, 0.15) is 4.90 Å². The number of sulfonamides is 1. The van der Waals surface area contributed by atoms with Gasteiger partial charge in [-0.3, -0.25) is 0 Å². The highest BCUT2D eigenvalue weighted by Gasteiger charge is 2.13. The molecular formula is C11H20ClN3O3S. The highest BCUT2D eigenvalue weighted by atomic mass is 35.5. The summed E-state index contributed by atoms with van der Waals surface area (Å²) in [6.07, 6.45) is 2.30. The van der Waals surface area contributed by atoms with Crippen LogP contribution in [-0.2, 0) is 10.0 Å². The maximum atomic E-state index is 11.8. The average molecular weight is 310 g/mol. The lowest BCUT2D eigenvalue weighted by Crippen LogP contribution is -2.32. The zero-order chi connectivity index (χ0) is 13.4. The number of nitrogens with one attached hydrogen (secondary N) is 2. The molecule has 110 valence electrons. The van der Waals surface area contributed by atoms with E-state index in [9.17, 15) is 8.42 Å². The molecule has 0 bridgehead atoms. The fraction of sp³-hybridized carbons (Fsp3) is 0.545. The van der Waals surface area contributed by atoms with E-state index in [1.165, 1.54) is 25.4 Å². The molecule has 0 fully saturated rings. The summed E-state index contributed by atoms with van der Waals surface area (Å²) < 4.78 is 31.1. The number of rotatable bonds is 8. The minimum atomic E-state index is -3.48. The number of ether oxygens (including phenoxy) is 1. The monoisotopic (exact) mass is 309 g/mol.